The molecule has 0 fully saturated rings. The SMILES string of the molecule is Cc1cccc2c[c][nH]c12. The van der Waals surface area contributed by atoms with Crippen molar-refractivity contribution in [2.75, 3.05) is 0 Å². The van der Waals surface area contributed by atoms with E-state index in [0.29, 0.717) is 0 Å². The third-order valence-electron chi connectivity index (χ3n) is 1.73. The molecule has 1 aromatic heterocycles. The van der Waals surface area contributed by atoms with Crippen molar-refractivity contribution in [3.8, 4) is 0 Å². The molecule has 0 unspecified atom stereocenters. The molecule has 0 aliphatic carbocycles. The van der Waals surface area contributed by atoms with Gasteiger partial charge in [-0.2, -0.15) is 0 Å². The number of aromatic amines is 1. The number of hydrogen-bond acceptors (Lipinski definition) is 0. The Labute approximate surface area is 59.7 Å². The molecule has 1 nitrogen and oxygen atoms in total. The van der Waals surface area contributed by atoms with Crippen LogP contribution in [0.15, 0.2) is 24.3 Å². The van der Waals surface area contributed by atoms with E-state index in [2.05, 4.69) is 36.3 Å². The zero-order chi connectivity index (χ0) is 6.97. The topological polar surface area (TPSA) is 15.8 Å². The molecule has 1 heteroatoms. The van der Waals surface area contributed by atoms with Crippen LogP contribution in [0.25, 0.3) is 10.9 Å². The van der Waals surface area contributed by atoms with Crippen molar-refractivity contribution in [2.45, 2.75) is 6.92 Å². The summed E-state index contributed by atoms with van der Waals surface area (Å²) in [7, 11) is 0. The molecule has 0 saturated carbocycles. The van der Waals surface area contributed by atoms with E-state index in [9.17, 15) is 0 Å². The second-order valence-corrected chi connectivity index (χ2v) is 2.45. The van der Waals surface area contributed by atoms with E-state index in [1.54, 1.807) is 0 Å². The van der Waals surface area contributed by atoms with Crippen molar-refractivity contribution in [3.05, 3.63) is 36.0 Å². The van der Waals surface area contributed by atoms with E-state index in [1.807, 2.05) is 6.07 Å². The van der Waals surface area contributed by atoms with Crippen LogP contribution in [0.4, 0.5) is 0 Å². The molecular formula is C9H8N. The minimum atomic E-state index is 1.20. The minimum absolute atomic E-state index is 1.20. The van der Waals surface area contributed by atoms with E-state index in [-0.39, 0.29) is 0 Å². The van der Waals surface area contributed by atoms with E-state index in [1.165, 1.54) is 16.5 Å². The Balaban J connectivity index is 2.95. The Hall–Kier alpha value is -1.24. The van der Waals surface area contributed by atoms with Gasteiger partial charge < -0.3 is 4.98 Å². The number of para-hydroxylation sites is 1. The molecule has 2 aromatic rings. The molecule has 0 aliphatic rings. The summed E-state index contributed by atoms with van der Waals surface area (Å²) in [5.41, 5.74) is 2.47. The Kier molecular flexibility index (Phi) is 1.04. The maximum Gasteiger partial charge on any atom is 0.0630 e. The maximum absolute atomic E-state index is 3.06. The van der Waals surface area contributed by atoms with Crippen LogP contribution >= 0.6 is 0 Å². The summed E-state index contributed by atoms with van der Waals surface area (Å²) in [5, 5.41) is 1.24. The molecule has 1 heterocycles. The predicted octanol–water partition coefficient (Wildman–Crippen LogP) is 2.28. The Morgan fingerprint density at radius 1 is 1.40 bits per heavy atom. The first-order valence-corrected chi connectivity index (χ1v) is 3.32. The number of aryl methyl sites for hydroxylation is 1. The Morgan fingerprint density at radius 2 is 2.30 bits per heavy atom. The molecule has 0 bridgehead atoms. The van der Waals surface area contributed by atoms with Crippen LogP contribution in [0.3, 0.4) is 0 Å². The molecule has 1 radical (unpaired) electrons. The highest BCUT2D eigenvalue weighted by Gasteiger charge is 1.94. The number of aromatic nitrogens is 1. The monoisotopic (exact) mass is 130 g/mol. The Morgan fingerprint density at radius 3 is 3.10 bits per heavy atom. The number of H-pyrrole nitrogens is 1. The van der Waals surface area contributed by atoms with Crippen molar-refractivity contribution in [1.82, 2.24) is 4.98 Å². The van der Waals surface area contributed by atoms with Crippen molar-refractivity contribution >= 4 is 10.9 Å². The predicted molar refractivity (Wildman–Crippen MR) is 41.9 cm³/mol. The van der Waals surface area contributed by atoms with Crippen molar-refractivity contribution in [3.63, 3.8) is 0 Å². The van der Waals surface area contributed by atoms with Crippen LogP contribution in [-0.4, -0.2) is 4.98 Å². The first-order valence-electron chi connectivity index (χ1n) is 3.32. The van der Waals surface area contributed by atoms with Gasteiger partial charge >= 0.3 is 0 Å². The number of nitrogens with one attached hydrogen (secondary N) is 1. The lowest BCUT2D eigenvalue weighted by molar-refractivity contribution is 1.41. The van der Waals surface area contributed by atoms with E-state index < -0.39 is 0 Å². The van der Waals surface area contributed by atoms with Crippen molar-refractivity contribution in [1.29, 1.82) is 0 Å². The molecule has 0 saturated heterocycles. The zero-order valence-corrected chi connectivity index (χ0v) is 5.81. The molecular weight excluding hydrogens is 122 g/mol. The fourth-order valence-corrected chi connectivity index (χ4v) is 1.17. The molecule has 0 atom stereocenters. The van der Waals surface area contributed by atoms with Gasteiger partial charge in [-0.25, -0.2) is 0 Å². The molecule has 0 aliphatic heterocycles. The number of benzene rings is 1. The van der Waals surface area contributed by atoms with E-state index in [4.69, 9.17) is 0 Å². The standard InChI is InChI=1S/C9H8N/c1-7-3-2-4-8-5-6-10-9(7)8/h2-5,10H,1H3. The van der Waals surface area contributed by atoms with Gasteiger partial charge in [0, 0.05) is 10.9 Å². The van der Waals surface area contributed by atoms with Crippen LogP contribution in [0.5, 0.6) is 0 Å². The van der Waals surface area contributed by atoms with Gasteiger partial charge in [0.1, 0.15) is 0 Å². The highest BCUT2D eigenvalue weighted by molar-refractivity contribution is 5.81. The van der Waals surface area contributed by atoms with Gasteiger partial charge in [0.05, 0.1) is 6.20 Å². The van der Waals surface area contributed by atoms with Crippen LogP contribution < -0.4 is 0 Å². The molecule has 0 spiro atoms. The first-order chi connectivity index (χ1) is 4.88. The molecule has 1 N–H and O–H groups in total. The normalized spacial score (nSPS) is 10.5. The fraction of sp³-hybridized carbons (Fsp3) is 0.111. The second-order valence-electron chi connectivity index (χ2n) is 2.45. The van der Waals surface area contributed by atoms with E-state index >= 15 is 0 Å². The van der Waals surface area contributed by atoms with Gasteiger partial charge in [-0.3, -0.25) is 0 Å². The average molecular weight is 130 g/mol. The van der Waals surface area contributed by atoms with E-state index in [0.717, 1.165) is 0 Å². The molecule has 10 heavy (non-hydrogen) atoms. The highest BCUT2D eigenvalue weighted by Crippen LogP contribution is 2.14. The largest absolute Gasteiger partial charge is 0.353 e. The van der Waals surface area contributed by atoms with Crippen LogP contribution in [0.2, 0.25) is 0 Å². The van der Waals surface area contributed by atoms with Crippen LogP contribution in [0.1, 0.15) is 5.56 Å². The summed E-state index contributed by atoms with van der Waals surface area (Å²) < 4.78 is 0. The van der Waals surface area contributed by atoms with Gasteiger partial charge in [0.2, 0.25) is 0 Å². The van der Waals surface area contributed by atoms with Gasteiger partial charge in [-0.05, 0) is 18.6 Å². The fourth-order valence-electron chi connectivity index (χ4n) is 1.17. The maximum atomic E-state index is 3.06. The van der Waals surface area contributed by atoms with Crippen molar-refractivity contribution < 1.29 is 0 Å². The summed E-state index contributed by atoms with van der Waals surface area (Å²) in [6.07, 6.45) is 2.95. The lowest BCUT2D eigenvalue weighted by Gasteiger charge is -1.92. The van der Waals surface area contributed by atoms with Gasteiger partial charge in [0.25, 0.3) is 0 Å². The summed E-state index contributed by atoms with van der Waals surface area (Å²) in [6.45, 7) is 2.09. The minimum Gasteiger partial charge on any atom is -0.353 e. The smallest absolute Gasteiger partial charge is 0.0630 e. The third kappa shape index (κ3) is 0.637. The number of rotatable bonds is 0. The lowest BCUT2D eigenvalue weighted by Crippen LogP contribution is -1.72. The second kappa shape index (κ2) is 1.87. The zero-order valence-electron chi connectivity index (χ0n) is 5.81. The molecule has 1 aromatic carbocycles. The van der Waals surface area contributed by atoms with Gasteiger partial charge in [-0.1, -0.05) is 18.2 Å². The molecule has 2 rings (SSSR count). The van der Waals surface area contributed by atoms with Crippen LogP contribution in [-0.2, 0) is 0 Å². The van der Waals surface area contributed by atoms with Gasteiger partial charge in [0.15, 0.2) is 0 Å². The van der Waals surface area contributed by atoms with Crippen molar-refractivity contribution in [2.24, 2.45) is 0 Å². The first kappa shape index (κ1) is 5.54. The summed E-state index contributed by atoms with van der Waals surface area (Å²) in [6, 6.07) is 8.18. The molecule has 49 valence electrons. The summed E-state index contributed by atoms with van der Waals surface area (Å²) in [5.74, 6) is 0. The summed E-state index contributed by atoms with van der Waals surface area (Å²) in [4.78, 5) is 3.06. The average Bonchev–Trinajstić information content (AvgIpc) is 2.36. The lowest BCUT2D eigenvalue weighted by atomic mass is 10.2. The third-order valence-corrected chi connectivity index (χ3v) is 1.73. The van der Waals surface area contributed by atoms with Crippen LogP contribution in [0, 0.1) is 13.1 Å². The quantitative estimate of drug-likeness (QED) is 0.563. The number of hydrogen-bond donors (Lipinski definition) is 1. The number of fused-ring (bicyclic) bond motifs is 1. The van der Waals surface area contributed by atoms with Gasteiger partial charge in [-0.15, -0.1) is 0 Å². The Bertz CT molecular complexity index is 346. The highest BCUT2D eigenvalue weighted by atomic mass is 14.7. The molecule has 0 amide bonds. The summed E-state index contributed by atoms with van der Waals surface area (Å²) >= 11 is 0.